The van der Waals surface area contributed by atoms with Crippen LogP contribution >= 0.6 is 0 Å². The number of hydrogen-bond donors (Lipinski definition) is 0. The van der Waals surface area contributed by atoms with Crippen molar-refractivity contribution in [2.45, 2.75) is 0 Å². The van der Waals surface area contributed by atoms with E-state index < -0.39 is 0 Å². The lowest BCUT2D eigenvalue weighted by Gasteiger charge is -2.29. The largest absolute Gasteiger partial charge is 0.479 e. The Hall–Kier alpha value is -4.24. The van der Waals surface area contributed by atoms with E-state index in [0.29, 0.717) is 24.9 Å². The average Bonchev–Trinajstić information content (AvgIpc) is 3.54. The van der Waals surface area contributed by atoms with E-state index in [2.05, 4.69) is 15.0 Å². The summed E-state index contributed by atoms with van der Waals surface area (Å²) in [5.74, 6) is 2.18. The summed E-state index contributed by atoms with van der Waals surface area (Å²) in [7, 11) is 1.63. The first-order chi connectivity index (χ1) is 16.8. The van der Waals surface area contributed by atoms with Crippen molar-refractivity contribution < 1.29 is 9.47 Å². The van der Waals surface area contributed by atoms with Crippen molar-refractivity contribution in [2.75, 3.05) is 38.3 Å². The van der Waals surface area contributed by atoms with Gasteiger partial charge in [-0.2, -0.15) is 9.61 Å². The number of morpholine rings is 1. The molecule has 0 unspecified atom stereocenters. The van der Waals surface area contributed by atoms with Crippen LogP contribution in [0.25, 0.3) is 33.8 Å². The fourth-order valence-electron chi connectivity index (χ4n) is 4.19. The second-order valence-corrected chi connectivity index (χ2v) is 7.97. The Kier molecular flexibility index (Phi) is 5.15. The van der Waals surface area contributed by atoms with Crippen molar-refractivity contribution in [3.63, 3.8) is 0 Å². The molecule has 0 amide bonds. The van der Waals surface area contributed by atoms with Gasteiger partial charge in [0.1, 0.15) is 5.82 Å². The predicted octanol–water partition coefficient (Wildman–Crippen LogP) is 3.49. The van der Waals surface area contributed by atoms with E-state index >= 15 is 0 Å². The van der Waals surface area contributed by atoms with E-state index in [0.717, 1.165) is 46.9 Å². The Morgan fingerprint density at radius 2 is 1.71 bits per heavy atom. The molecule has 9 nitrogen and oxygen atoms in total. The molecule has 5 aromatic rings. The number of nitrogens with zero attached hydrogens (tertiary/aromatic N) is 7. The third-order valence-corrected chi connectivity index (χ3v) is 5.90. The van der Waals surface area contributed by atoms with Crippen LogP contribution in [0.5, 0.6) is 5.88 Å². The number of anilines is 1. The number of hydrogen-bond acceptors (Lipinski definition) is 7. The normalized spacial score (nSPS) is 14.0. The van der Waals surface area contributed by atoms with E-state index in [1.54, 1.807) is 24.2 Å². The van der Waals surface area contributed by atoms with Crippen LogP contribution in [0.15, 0.2) is 73.2 Å². The molecule has 6 rings (SSSR count). The summed E-state index contributed by atoms with van der Waals surface area (Å²) in [6.07, 6.45) is 5.49. The molecule has 0 spiro atoms. The Morgan fingerprint density at radius 1 is 0.912 bits per heavy atom. The van der Waals surface area contributed by atoms with Crippen molar-refractivity contribution in [1.29, 1.82) is 0 Å². The van der Waals surface area contributed by atoms with Crippen LogP contribution in [0, 0.1) is 0 Å². The third kappa shape index (κ3) is 3.65. The van der Waals surface area contributed by atoms with E-state index in [9.17, 15) is 0 Å². The number of benzene rings is 1. The quantitative estimate of drug-likeness (QED) is 0.403. The summed E-state index contributed by atoms with van der Waals surface area (Å²) in [4.78, 5) is 11.3. The summed E-state index contributed by atoms with van der Waals surface area (Å²) in [5.41, 5.74) is 4.50. The van der Waals surface area contributed by atoms with Crippen LogP contribution in [-0.2, 0) is 4.74 Å². The number of fused-ring (bicyclic) bond motifs is 1. The SMILES string of the molecule is COc1nn(-c2cc(N3CCOCC3)n3nc(-c4ccncc4)cc3n2)cc1-c1ccccc1. The van der Waals surface area contributed by atoms with Crippen LogP contribution in [0.1, 0.15) is 0 Å². The Labute approximate surface area is 196 Å². The molecule has 0 bridgehead atoms. The molecule has 0 N–H and O–H groups in total. The van der Waals surface area contributed by atoms with E-state index in [1.165, 1.54) is 0 Å². The lowest BCUT2D eigenvalue weighted by Crippen LogP contribution is -2.37. The van der Waals surface area contributed by atoms with E-state index in [-0.39, 0.29) is 0 Å². The molecule has 1 aliphatic rings. The topological polar surface area (TPSA) is 82.6 Å². The number of aromatic nitrogens is 6. The van der Waals surface area contributed by atoms with Crippen LogP contribution < -0.4 is 9.64 Å². The van der Waals surface area contributed by atoms with Gasteiger partial charge >= 0.3 is 0 Å². The van der Waals surface area contributed by atoms with Gasteiger partial charge in [-0.1, -0.05) is 30.3 Å². The molecule has 1 aliphatic heterocycles. The van der Waals surface area contributed by atoms with Gasteiger partial charge in [-0.3, -0.25) is 4.98 Å². The van der Waals surface area contributed by atoms with Gasteiger partial charge in [-0.05, 0) is 17.7 Å². The highest BCUT2D eigenvalue weighted by atomic mass is 16.5. The third-order valence-electron chi connectivity index (χ3n) is 5.90. The molecular weight excluding hydrogens is 430 g/mol. The van der Waals surface area contributed by atoms with Crippen LogP contribution in [0.4, 0.5) is 5.82 Å². The van der Waals surface area contributed by atoms with Crippen LogP contribution in [-0.4, -0.2) is 62.8 Å². The first kappa shape index (κ1) is 20.4. The minimum atomic E-state index is 0.548. The van der Waals surface area contributed by atoms with Gasteiger partial charge in [-0.15, -0.1) is 5.10 Å². The molecular formula is C25H23N7O2. The van der Waals surface area contributed by atoms with Crippen molar-refractivity contribution in [2.24, 2.45) is 0 Å². The maximum absolute atomic E-state index is 5.59. The summed E-state index contributed by atoms with van der Waals surface area (Å²) in [6, 6.07) is 18.0. The molecule has 1 aromatic carbocycles. The minimum Gasteiger partial charge on any atom is -0.479 e. The van der Waals surface area contributed by atoms with Gasteiger partial charge in [0.25, 0.3) is 0 Å². The van der Waals surface area contributed by atoms with Gasteiger partial charge in [-0.25, -0.2) is 9.67 Å². The number of ether oxygens (including phenoxy) is 2. The summed E-state index contributed by atoms with van der Waals surface area (Å²) in [6.45, 7) is 2.90. The van der Waals surface area contributed by atoms with Gasteiger partial charge in [0.15, 0.2) is 11.5 Å². The zero-order valence-corrected chi connectivity index (χ0v) is 18.7. The highest BCUT2D eigenvalue weighted by Gasteiger charge is 2.20. The molecule has 0 aliphatic carbocycles. The molecule has 0 saturated carbocycles. The van der Waals surface area contributed by atoms with Gasteiger partial charge < -0.3 is 14.4 Å². The van der Waals surface area contributed by atoms with Crippen LogP contribution in [0.3, 0.4) is 0 Å². The molecule has 0 atom stereocenters. The number of pyridine rings is 1. The van der Waals surface area contributed by atoms with Crippen molar-refractivity contribution >= 4 is 11.5 Å². The fraction of sp³-hybridized carbons (Fsp3) is 0.200. The number of methoxy groups -OCH3 is 1. The van der Waals surface area contributed by atoms with Crippen molar-refractivity contribution in [3.05, 3.63) is 73.2 Å². The smallest absolute Gasteiger partial charge is 0.240 e. The zero-order valence-electron chi connectivity index (χ0n) is 18.7. The molecule has 1 fully saturated rings. The minimum absolute atomic E-state index is 0.548. The first-order valence-corrected chi connectivity index (χ1v) is 11.1. The average molecular weight is 454 g/mol. The fourth-order valence-corrected chi connectivity index (χ4v) is 4.19. The Bertz CT molecular complexity index is 1420. The van der Waals surface area contributed by atoms with E-state index in [4.69, 9.17) is 19.6 Å². The van der Waals surface area contributed by atoms with Gasteiger partial charge in [0.05, 0.1) is 31.6 Å². The lowest BCUT2D eigenvalue weighted by molar-refractivity contribution is 0.122. The van der Waals surface area contributed by atoms with Crippen molar-refractivity contribution in [1.82, 2.24) is 29.4 Å². The maximum atomic E-state index is 5.59. The predicted molar refractivity (Wildman–Crippen MR) is 128 cm³/mol. The summed E-state index contributed by atoms with van der Waals surface area (Å²) >= 11 is 0. The molecule has 5 heterocycles. The highest BCUT2D eigenvalue weighted by Crippen LogP contribution is 2.31. The summed E-state index contributed by atoms with van der Waals surface area (Å²) in [5, 5.41) is 9.55. The maximum Gasteiger partial charge on any atom is 0.240 e. The molecule has 9 heteroatoms. The molecule has 0 radical (unpaired) electrons. The zero-order chi connectivity index (χ0) is 22.9. The second kappa shape index (κ2) is 8.60. The Morgan fingerprint density at radius 3 is 2.47 bits per heavy atom. The van der Waals surface area contributed by atoms with Crippen molar-refractivity contribution in [3.8, 4) is 34.1 Å². The van der Waals surface area contributed by atoms with E-state index in [1.807, 2.05) is 65.3 Å². The van der Waals surface area contributed by atoms with Gasteiger partial charge in [0, 0.05) is 49.4 Å². The standard InChI is InChI=1S/C25H23N7O2/c1-33-25-20(18-5-3-2-4-6-18)17-31(29-25)22-16-24(30-11-13-34-14-12-30)32-23(27-22)15-21(28-32)19-7-9-26-10-8-19/h2-10,15-17H,11-14H2,1H3. The number of rotatable bonds is 5. The van der Waals surface area contributed by atoms with Gasteiger partial charge in [0.2, 0.25) is 5.88 Å². The lowest BCUT2D eigenvalue weighted by atomic mass is 10.1. The molecule has 34 heavy (non-hydrogen) atoms. The molecule has 170 valence electrons. The Balaban J connectivity index is 1.51. The van der Waals surface area contributed by atoms with Crippen LogP contribution in [0.2, 0.25) is 0 Å². The monoisotopic (exact) mass is 453 g/mol. The highest BCUT2D eigenvalue weighted by molar-refractivity contribution is 5.69. The summed E-state index contributed by atoms with van der Waals surface area (Å²) < 4.78 is 14.8. The second-order valence-electron chi connectivity index (χ2n) is 7.97. The molecule has 4 aromatic heterocycles. The first-order valence-electron chi connectivity index (χ1n) is 11.1. The molecule has 1 saturated heterocycles.